The largest absolute Gasteiger partial charge is 0.476 e. The molecule has 1 aliphatic rings. The van der Waals surface area contributed by atoms with E-state index in [-0.39, 0.29) is 11.6 Å². The molecule has 1 atom stereocenters. The van der Waals surface area contributed by atoms with Crippen LogP contribution in [0.5, 0.6) is 0 Å². The first-order chi connectivity index (χ1) is 9.56. The van der Waals surface area contributed by atoms with Gasteiger partial charge in [-0.05, 0) is 48.9 Å². The van der Waals surface area contributed by atoms with Crippen molar-refractivity contribution in [3.8, 4) is 0 Å². The van der Waals surface area contributed by atoms with Crippen LogP contribution in [0.3, 0.4) is 0 Å². The predicted octanol–water partition coefficient (Wildman–Crippen LogP) is 2.66. The summed E-state index contributed by atoms with van der Waals surface area (Å²) < 4.78 is 27.0. The molecule has 3 rings (SSSR count). The van der Waals surface area contributed by atoms with E-state index in [2.05, 4.69) is 10.2 Å². The number of nitrogens with zero attached hydrogens (tertiary/aromatic N) is 1. The Labute approximate surface area is 113 Å². The SMILES string of the molecule is O=C(O)c1n[nH]c2c1CCC(c1cc(F)ccc1F)C2. The number of aromatic amines is 1. The van der Waals surface area contributed by atoms with E-state index in [1.807, 2.05) is 0 Å². The van der Waals surface area contributed by atoms with Crippen LogP contribution in [-0.2, 0) is 12.8 Å². The van der Waals surface area contributed by atoms with E-state index in [0.717, 1.165) is 12.1 Å². The van der Waals surface area contributed by atoms with Crippen molar-refractivity contribution >= 4 is 5.97 Å². The highest BCUT2D eigenvalue weighted by Gasteiger charge is 2.28. The molecule has 2 N–H and O–H groups in total. The fourth-order valence-electron chi connectivity index (χ4n) is 2.78. The van der Waals surface area contributed by atoms with Crippen molar-refractivity contribution in [3.05, 3.63) is 52.3 Å². The Morgan fingerprint density at radius 3 is 2.95 bits per heavy atom. The lowest BCUT2D eigenvalue weighted by atomic mass is 9.82. The van der Waals surface area contributed by atoms with Gasteiger partial charge < -0.3 is 5.11 Å². The zero-order valence-corrected chi connectivity index (χ0v) is 10.5. The van der Waals surface area contributed by atoms with Crippen molar-refractivity contribution in [2.24, 2.45) is 0 Å². The van der Waals surface area contributed by atoms with Gasteiger partial charge in [-0.2, -0.15) is 5.10 Å². The molecule has 0 amide bonds. The van der Waals surface area contributed by atoms with E-state index < -0.39 is 17.6 Å². The van der Waals surface area contributed by atoms with Crippen molar-refractivity contribution in [2.45, 2.75) is 25.2 Å². The summed E-state index contributed by atoms with van der Waals surface area (Å²) >= 11 is 0. The molecule has 104 valence electrons. The summed E-state index contributed by atoms with van der Waals surface area (Å²) in [7, 11) is 0. The topological polar surface area (TPSA) is 66.0 Å². The van der Waals surface area contributed by atoms with E-state index >= 15 is 0 Å². The van der Waals surface area contributed by atoms with Crippen LogP contribution >= 0.6 is 0 Å². The molecule has 2 aromatic rings. The van der Waals surface area contributed by atoms with Gasteiger partial charge >= 0.3 is 5.97 Å². The molecule has 0 spiro atoms. The molecule has 0 saturated carbocycles. The zero-order chi connectivity index (χ0) is 14.3. The minimum absolute atomic E-state index is 0.0261. The summed E-state index contributed by atoms with van der Waals surface area (Å²) in [6.07, 6.45) is 1.51. The molecule has 1 aromatic heterocycles. The number of rotatable bonds is 2. The number of aromatic carboxylic acids is 1. The van der Waals surface area contributed by atoms with E-state index in [9.17, 15) is 13.6 Å². The molecule has 1 aliphatic carbocycles. The van der Waals surface area contributed by atoms with Crippen molar-refractivity contribution in [1.29, 1.82) is 0 Å². The molecular weight excluding hydrogens is 266 g/mol. The molecule has 20 heavy (non-hydrogen) atoms. The van der Waals surface area contributed by atoms with Gasteiger partial charge in [0.2, 0.25) is 0 Å². The first-order valence-electron chi connectivity index (χ1n) is 6.30. The van der Waals surface area contributed by atoms with Crippen molar-refractivity contribution in [2.75, 3.05) is 0 Å². The number of H-pyrrole nitrogens is 1. The van der Waals surface area contributed by atoms with Gasteiger partial charge in [0, 0.05) is 11.3 Å². The van der Waals surface area contributed by atoms with Crippen molar-refractivity contribution in [3.63, 3.8) is 0 Å². The molecule has 1 unspecified atom stereocenters. The molecule has 6 heteroatoms. The van der Waals surface area contributed by atoms with Gasteiger partial charge in [0.1, 0.15) is 11.6 Å². The van der Waals surface area contributed by atoms with Gasteiger partial charge in [-0.1, -0.05) is 0 Å². The second-order valence-electron chi connectivity index (χ2n) is 4.94. The van der Waals surface area contributed by atoms with Gasteiger partial charge in [0.15, 0.2) is 5.69 Å². The predicted molar refractivity (Wildman–Crippen MR) is 66.7 cm³/mol. The van der Waals surface area contributed by atoms with Crippen LogP contribution in [0.4, 0.5) is 8.78 Å². The normalized spacial score (nSPS) is 17.8. The Balaban J connectivity index is 1.93. The molecule has 0 radical (unpaired) electrons. The quantitative estimate of drug-likeness (QED) is 0.887. The number of hydrogen-bond donors (Lipinski definition) is 2. The molecule has 0 saturated heterocycles. The van der Waals surface area contributed by atoms with E-state index in [4.69, 9.17) is 5.11 Å². The van der Waals surface area contributed by atoms with E-state index in [0.29, 0.717) is 36.1 Å². The van der Waals surface area contributed by atoms with Crippen molar-refractivity contribution in [1.82, 2.24) is 10.2 Å². The van der Waals surface area contributed by atoms with Crippen LogP contribution in [0.25, 0.3) is 0 Å². The molecule has 0 bridgehead atoms. The first kappa shape index (κ1) is 12.8. The third-order valence-electron chi connectivity index (χ3n) is 3.75. The summed E-state index contributed by atoms with van der Waals surface area (Å²) in [5, 5.41) is 15.5. The monoisotopic (exact) mass is 278 g/mol. The summed E-state index contributed by atoms with van der Waals surface area (Å²) in [5.41, 5.74) is 1.73. The second kappa shape index (κ2) is 4.70. The fraction of sp³-hybridized carbons (Fsp3) is 0.286. The Bertz CT molecular complexity index is 682. The number of benzene rings is 1. The number of hydrogen-bond acceptors (Lipinski definition) is 2. The Morgan fingerprint density at radius 1 is 1.40 bits per heavy atom. The lowest BCUT2D eigenvalue weighted by Crippen LogP contribution is -2.15. The maximum absolute atomic E-state index is 13.8. The van der Waals surface area contributed by atoms with Crippen LogP contribution in [0, 0.1) is 11.6 Å². The lowest BCUT2D eigenvalue weighted by molar-refractivity contribution is 0.0689. The fourth-order valence-corrected chi connectivity index (χ4v) is 2.78. The number of carboxylic acid groups (broad SMARTS) is 1. The van der Waals surface area contributed by atoms with E-state index in [1.54, 1.807) is 0 Å². The van der Waals surface area contributed by atoms with Crippen LogP contribution in [0.1, 0.15) is 39.6 Å². The minimum Gasteiger partial charge on any atom is -0.476 e. The zero-order valence-electron chi connectivity index (χ0n) is 10.5. The van der Waals surface area contributed by atoms with Crippen LogP contribution in [0.15, 0.2) is 18.2 Å². The third kappa shape index (κ3) is 2.07. The standard InChI is InChI=1S/C14H12F2N2O2/c15-8-2-4-11(16)10(6-8)7-1-3-9-12(5-7)17-18-13(9)14(19)20/h2,4,6-7H,1,3,5H2,(H,17,18)(H,19,20). The van der Waals surface area contributed by atoms with Gasteiger partial charge in [-0.25, -0.2) is 13.6 Å². The van der Waals surface area contributed by atoms with Gasteiger partial charge in [-0.15, -0.1) is 0 Å². The third-order valence-corrected chi connectivity index (χ3v) is 3.75. The van der Waals surface area contributed by atoms with Gasteiger partial charge in [-0.3, -0.25) is 5.10 Å². The number of fused-ring (bicyclic) bond motifs is 1. The minimum atomic E-state index is -1.07. The van der Waals surface area contributed by atoms with Crippen molar-refractivity contribution < 1.29 is 18.7 Å². The van der Waals surface area contributed by atoms with E-state index in [1.165, 1.54) is 6.07 Å². The van der Waals surface area contributed by atoms with Gasteiger partial charge in [0.25, 0.3) is 0 Å². The van der Waals surface area contributed by atoms with Crippen LogP contribution < -0.4 is 0 Å². The average molecular weight is 278 g/mol. The number of carboxylic acids is 1. The molecule has 1 aromatic carbocycles. The first-order valence-corrected chi connectivity index (χ1v) is 6.30. The second-order valence-corrected chi connectivity index (χ2v) is 4.94. The summed E-state index contributed by atoms with van der Waals surface area (Å²) in [6, 6.07) is 3.42. The maximum atomic E-state index is 13.8. The smallest absolute Gasteiger partial charge is 0.356 e. The number of aromatic nitrogens is 2. The summed E-state index contributed by atoms with van der Waals surface area (Å²) in [6.45, 7) is 0. The Hall–Kier alpha value is -2.24. The van der Waals surface area contributed by atoms with Crippen LogP contribution in [-0.4, -0.2) is 21.3 Å². The number of carbonyl (C=O) groups is 1. The molecule has 1 heterocycles. The lowest BCUT2D eigenvalue weighted by Gasteiger charge is -2.22. The number of halogens is 2. The Kier molecular flexibility index (Phi) is 3.00. The molecule has 4 nitrogen and oxygen atoms in total. The molecule has 0 aliphatic heterocycles. The molecule has 0 fully saturated rings. The Morgan fingerprint density at radius 2 is 2.20 bits per heavy atom. The highest BCUT2D eigenvalue weighted by molar-refractivity contribution is 5.87. The average Bonchev–Trinajstić information content (AvgIpc) is 2.84. The highest BCUT2D eigenvalue weighted by Crippen LogP contribution is 2.34. The molecular formula is C14H12F2N2O2. The highest BCUT2D eigenvalue weighted by atomic mass is 19.1. The maximum Gasteiger partial charge on any atom is 0.356 e. The van der Waals surface area contributed by atoms with Gasteiger partial charge in [0.05, 0.1) is 0 Å². The summed E-state index contributed by atoms with van der Waals surface area (Å²) in [4.78, 5) is 11.0. The van der Waals surface area contributed by atoms with Crippen LogP contribution in [0.2, 0.25) is 0 Å². The number of nitrogens with one attached hydrogen (secondary N) is 1. The summed E-state index contributed by atoms with van der Waals surface area (Å²) in [5.74, 6) is -2.14.